The molecule has 2 heterocycles. The Morgan fingerprint density at radius 2 is 1.62 bits per heavy atom. The highest BCUT2D eigenvalue weighted by atomic mass is 16.7. The number of ether oxygens (including phenoxy) is 2. The second kappa shape index (κ2) is 8.30. The van der Waals surface area contributed by atoms with Gasteiger partial charge in [-0.3, -0.25) is 4.79 Å². The summed E-state index contributed by atoms with van der Waals surface area (Å²) in [6.45, 7) is -0.704. The van der Waals surface area contributed by atoms with Crippen LogP contribution in [0.2, 0.25) is 0 Å². The van der Waals surface area contributed by atoms with Crippen LogP contribution in [0, 0.1) is 0 Å². The van der Waals surface area contributed by atoms with Crippen molar-refractivity contribution >= 4 is 11.0 Å². The third-order valence-electron chi connectivity index (χ3n) is 5.16. The Kier molecular flexibility index (Phi) is 5.67. The first-order valence-electron chi connectivity index (χ1n) is 9.50. The van der Waals surface area contributed by atoms with Crippen LogP contribution in [0.1, 0.15) is 0 Å². The summed E-state index contributed by atoms with van der Waals surface area (Å²) in [5, 5.41) is 69.1. The van der Waals surface area contributed by atoms with Gasteiger partial charge >= 0.3 is 0 Å². The molecule has 3 aromatic rings. The number of hydrogen-bond donors (Lipinski definition) is 7. The standard InChI is InChI=1S/C21H20O11/c22-7-14-16(26)18(28)19(29)21(31-14)32-20-11(25)6-13-15(17(20)27)10(24)5-12(30-13)8-1-3-9(23)4-2-8/h1-6,14,16,18-19,21-23,25-29H,7H2/t14-,16-,18+,19-,21-/m1/s1. The van der Waals surface area contributed by atoms with Gasteiger partial charge in [0, 0.05) is 17.7 Å². The first-order chi connectivity index (χ1) is 15.2. The maximum Gasteiger partial charge on any atom is 0.229 e. The number of phenols is 3. The molecule has 0 unspecified atom stereocenters. The first kappa shape index (κ1) is 21.9. The molecule has 0 amide bonds. The molecule has 4 rings (SSSR count). The number of aliphatic hydroxyl groups is 4. The summed E-state index contributed by atoms with van der Waals surface area (Å²) in [5.74, 6) is -1.97. The SMILES string of the molecule is O=c1cc(-c2ccc(O)cc2)oc2cc(O)c(O[C@H]3O[C@H](CO)[C@@H](O)[C@H](O)[C@H]3O)c(O)c12. The fraction of sp³-hybridized carbons (Fsp3) is 0.286. The molecule has 11 heteroatoms. The topological polar surface area (TPSA) is 190 Å². The Morgan fingerprint density at radius 3 is 2.28 bits per heavy atom. The molecule has 32 heavy (non-hydrogen) atoms. The maximum absolute atomic E-state index is 12.7. The molecule has 1 aromatic heterocycles. The lowest BCUT2D eigenvalue weighted by molar-refractivity contribution is -0.277. The van der Waals surface area contributed by atoms with E-state index in [9.17, 15) is 40.5 Å². The van der Waals surface area contributed by atoms with Gasteiger partial charge in [-0.15, -0.1) is 0 Å². The molecular weight excluding hydrogens is 428 g/mol. The summed E-state index contributed by atoms with van der Waals surface area (Å²) < 4.78 is 16.1. The summed E-state index contributed by atoms with van der Waals surface area (Å²) >= 11 is 0. The number of benzene rings is 2. The molecule has 0 spiro atoms. The summed E-state index contributed by atoms with van der Waals surface area (Å²) in [6, 6.07) is 7.92. The van der Waals surface area contributed by atoms with Crippen molar-refractivity contribution in [3.8, 4) is 34.3 Å². The minimum absolute atomic E-state index is 0.0159. The van der Waals surface area contributed by atoms with Crippen molar-refractivity contribution in [1.82, 2.24) is 0 Å². The molecule has 1 saturated heterocycles. The summed E-state index contributed by atoms with van der Waals surface area (Å²) in [5.41, 5.74) is -0.385. The van der Waals surface area contributed by atoms with Gasteiger partial charge in [-0.05, 0) is 24.3 Å². The second-order valence-electron chi connectivity index (χ2n) is 7.28. The summed E-state index contributed by atoms with van der Waals surface area (Å²) in [6.07, 6.45) is -8.13. The van der Waals surface area contributed by atoms with E-state index < -0.39 is 60.0 Å². The quantitative estimate of drug-likeness (QED) is 0.279. The lowest BCUT2D eigenvalue weighted by Crippen LogP contribution is -2.60. The van der Waals surface area contributed by atoms with Crippen molar-refractivity contribution in [2.45, 2.75) is 30.7 Å². The van der Waals surface area contributed by atoms with E-state index in [1.165, 1.54) is 24.3 Å². The van der Waals surface area contributed by atoms with Crippen molar-refractivity contribution in [2.24, 2.45) is 0 Å². The van der Waals surface area contributed by atoms with Gasteiger partial charge in [-0.2, -0.15) is 0 Å². The van der Waals surface area contributed by atoms with E-state index in [0.29, 0.717) is 5.56 Å². The number of rotatable bonds is 4. The molecule has 1 aliphatic rings. The van der Waals surface area contributed by atoms with Gasteiger partial charge < -0.3 is 49.6 Å². The van der Waals surface area contributed by atoms with Crippen molar-refractivity contribution in [3.63, 3.8) is 0 Å². The predicted octanol–water partition coefficient (Wildman–Crippen LogP) is -0.245. The van der Waals surface area contributed by atoms with Crippen LogP contribution in [-0.4, -0.2) is 73.1 Å². The van der Waals surface area contributed by atoms with E-state index in [0.717, 1.165) is 12.1 Å². The van der Waals surface area contributed by atoms with Gasteiger partial charge in [-0.25, -0.2) is 0 Å². The van der Waals surface area contributed by atoms with Crippen LogP contribution >= 0.6 is 0 Å². The van der Waals surface area contributed by atoms with Crippen LogP contribution in [0.25, 0.3) is 22.3 Å². The maximum atomic E-state index is 12.7. The molecule has 0 saturated carbocycles. The van der Waals surface area contributed by atoms with Gasteiger partial charge in [0.2, 0.25) is 12.0 Å². The van der Waals surface area contributed by atoms with Gasteiger partial charge in [-0.1, -0.05) is 0 Å². The van der Waals surface area contributed by atoms with Crippen molar-refractivity contribution in [3.05, 3.63) is 46.6 Å². The van der Waals surface area contributed by atoms with Crippen LogP contribution in [0.5, 0.6) is 23.0 Å². The van der Waals surface area contributed by atoms with Crippen LogP contribution < -0.4 is 10.2 Å². The molecule has 0 aliphatic carbocycles. The van der Waals surface area contributed by atoms with E-state index >= 15 is 0 Å². The Balaban J connectivity index is 1.74. The number of aromatic hydroxyl groups is 3. The normalized spacial score (nSPS) is 25.7. The molecule has 7 N–H and O–H groups in total. The molecule has 170 valence electrons. The highest BCUT2D eigenvalue weighted by Crippen LogP contribution is 2.43. The third-order valence-corrected chi connectivity index (χ3v) is 5.16. The van der Waals surface area contributed by atoms with Gasteiger partial charge in [0.15, 0.2) is 16.9 Å². The zero-order valence-electron chi connectivity index (χ0n) is 16.3. The van der Waals surface area contributed by atoms with Crippen molar-refractivity contribution < 1.29 is 49.6 Å². The zero-order valence-corrected chi connectivity index (χ0v) is 16.3. The van der Waals surface area contributed by atoms with E-state index in [2.05, 4.69) is 0 Å². The van der Waals surface area contributed by atoms with E-state index in [-0.39, 0.29) is 22.5 Å². The molecule has 5 atom stereocenters. The fourth-order valence-electron chi connectivity index (χ4n) is 3.44. The summed E-state index contributed by atoms with van der Waals surface area (Å²) in [4.78, 5) is 12.7. The number of aliphatic hydroxyl groups excluding tert-OH is 4. The molecule has 11 nitrogen and oxygen atoms in total. The number of phenolic OH excluding ortho intramolecular Hbond substituents is 3. The van der Waals surface area contributed by atoms with Crippen LogP contribution in [0.15, 0.2) is 45.6 Å². The Hall–Kier alpha value is -3.35. The summed E-state index contributed by atoms with van der Waals surface area (Å²) in [7, 11) is 0. The highest BCUT2D eigenvalue weighted by Gasteiger charge is 2.45. The zero-order chi connectivity index (χ0) is 23.2. The van der Waals surface area contributed by atoms with Crippen LogP contribution in [0.3, 0.4) is 0 Å². The van der Waals surface area contributed by atoms with Crippen LogP contribution in [0.4, 0.5) is 0 Å². The van der Waals surface area contributed by atoms with Crippen LogP contribution in [-0.2, 0) is 4.74 Å². The molecule has 1 aliphatic heterocycles. The number of hydrogen-bond acceptors (Lipinski definition) is 11. The minimum Gasteiger partial charge on any atom is -0.508 e. The highest BCUT2D eigenvalue weighted by molar-refractivity contribution is 5.89. The molecule has 1 fully saturated rings. The second-order valence-corrected chi connectivity index (χ2v) is 7.28. The Bertz CT molecular complexity index is 1190. The average molecular weight is 448 g/mol. The smallest absolute Gasteiger partial charge is 0.229 e. The van der Waals surface area contributed by atoms with Crippen molar-refractivity contribution in [1.29, 1.82) is 0 Å². The third kappa shape index (κ3) is 3.72. The van der Waals surface area contributed by atoms with Gasteiger partial charge in [0.1, 0.15) is 46.9 Å². The molecule has 0 bridgehead atoms. The lowest BCUT2D eigenvalue weighted by Gasteiger charge is -2.39. The molecular formula is C21H20O11. The molecule has 0 radical (unpaired) electrons. The van der Waals surface area contributed by atoms with E-state index in [4.69, 9.17) is 13.9 Å². The monoisotopic (exact) mass is 448 g/mol. The molecule has 2 aromatic carbocycles. The van der Waals surface area contributed by atoms with Gasteiger partial charge in [0.05, 0.1) is 6.61 Å². The lowest BCUT2D eigenvalue weighted by atomic mass is 9.99. The Labute approximate surface area is 179 Å². The average Bonchev–Trinajstić information content (AvgIpc) is 2.76. The largest absolute Gasteiger partial charge is 0.508 e. The van der Waals surface area contributed by atoms with E-state index in [1.54, 1.807) is 0 Å². The Morgan fingerprint density at radius 1 is 0.938 bits per heavy atom. The predicted molar refractivity (Wildman–Crippen MR) is 107 cm³/mol. The fourth-order valence-corrected chi connectivity index (χ4v) is 3.44. The van der Waals surface area contributed by atoms with Crippen molar-refractivity contribution in [2.75, 3.05) is 6.61 Å². The number of fused-ring (bicyclic) bond motifs is 1. The van der Waals surface area contributed by atoms with Gasteiger partial charge in [0.25, 0.3) is 0 Å². The minimum atomic E-state index is -1.80. The van der Waals surface area contributed by atoms with E-state index in [1.807, 2.05) is 0 Å². The first-order valence-corrected chi connectivity index (χ1v) is 9.50.